The first-order chi connectivity index (χ1) is 7.21. The number of hydrogen-bond donors (Lipinski definition) is 1. The Kier molecular flexibility index (Phi) is 4.15. The third-order valence-electron chi connectivity index (χ3n) is 2.22. The molecule has 3 nitrogen and oxygen atoms in total. The van der Waals surface area contributed by atoms with Gasteiger partial charge in [0.2, 0.25) is 0 Å². The van der Waals surface area contributed by atoms with Crippen LogP contribution in [0.3, 0.4) is 0 Å². The lowest BCUT2D eigenvalue weighted by Gasteiger charge is -2.21. The van der Waals surface area contributed by atoms with Crippen LogP contribution in [-0.4, -0.2) is 9.97 Å². The standard InChI is InChI=1S/C12H20IN3/c1-7(2)6-8-15-10(12(3,4)5)9(13)11(14)16-8/h7H,6H2,1-5H3,(H2,14,15,16). The molecule has 0 fully saturated rings. The van der Waals surface area contributed by atoms with Gasteiger partial charge >= 0.3 is 0 Å². The van der Waals surface area contributed by atoms with Crippen molar-refractivity contribution < 1.29 is 0 Å². The van der Waals surface area contributed by atoms with E-state index < -0.39 is 0 Å². The average molecular weight is 333 g/mol. The zero-order chi connectivity index (χ0) is 12.5. The van der Waals surface area contributed by atoms with Gasteiger partial charge in [0.1, 0.15) is 11.6 Å². The van der Waals surface area contributed by atoms with Crippen LogP contribution in [0.2, 0.25) is 0 Å². The summed E-state index contributed by atoms with van der Waals surface area (Å²) < 4.78 is 0.984. The minimum atomic E-state index is 0.0132. The molecule has 0 saturated heterocycles. The summed E-state index contributed by atoms with van der Waals surface area (Å²) in [5.41, 5.74) is 7.00. The lowest BCUT2D eigenvalue weighted by molar-refractivity contribution is 0.548. The van der Waals surface area contributed by atoms with E-state index in [1.807, 2.05) is 0 Å². The van der Waals surface area contributed by atoms with Gasteiger partial charge in [0.05, 0.1) is 9.26 Å². The van der Waals surface area contributed by atoms with E-state index in [2.05, 4.69) is 67.2 Å². The summed E-state index contributed by atoms with van der Waals surface area (Å²) in [4.78, 5) is 8.99. The van der Waals surface area contributed by atoms with Gasteiger partial charge in [-0.15, -0.1) is 0 Å². The van der Waals surface area contributed by atoms with Gasteiger partial charge in [-0.1, -0.05) is 34.6 Å². The van der Waals surface area contributed by atoms with Crippen molar-refractivity contribution in [1.82, 2.24) is 9.97 Å². The first-order valence-electron chi connectivity index (χ1n) is 5.54. The highest BCUT2D eigenvalue weighted by molar-refractivity contribution is 14.1. The Bertz CT molecular complexity index is 381. The predicted molar refractivity (Wildman–Crippen MR) is 76.4 cm³/mol. The molecule has 0 saturated carbocycles. The van der Waals surface area contributed by atoms with Crippen LogP contribution < -0.4 is 5.73 Å². The summed E-state index contributed by atoms with van der Waals surface area (Å²) >= 11 is 2.23. The number of hydrogen-bond acceptors (Lipinski definition) is 3. The van der Waals surface area contributed by atoms with Crippen molar-refractivity contribution in [1.29, 1.82) is 0 Å². The number of rotatable bonds is 2. The molecule has 1 heterocycles. The van der Waals surface area contributed by atoms with Crippen LogP contribution in [0, 0.1) is 9.49 Å². The molecule has 16 heavy (non-hydrogen) atoms. The minimum absolute atomic E-state index is 0.0132. The third-order valence-corrected chi connectivity index (χ3v) is 3.29. The van der Waals surface area contributed by atoms with Gasteiger partial charge < -0.3 is 5.73 Å². The Hall–Kier alpha value is -0.390. The van der Waals surface area contributed by atoms with Gasteiger partial charge in [-0.05, 0) is 28.5 Å². The molecular weight excluding hydrogens is 313 g/mol. The Balaban J connectivity index is 3.23. The largest absolute Gasteiger partial charge is 0.383 e. The molecule has 0 aliphatic rings. The van der Waals surface area contributed by atoms with Crippen molar-refractivity contribution >= 4 is 28.4 Å². The van der Waals surface area contributed by atoms with Gasteiger partial charge in [0.25, 0.3) is 0 Å². The van der Waals surface area contributed by atoms with Crippen molar-refractivity contribution in [2.45, 2.75) is 46.5 Å². The molecule has 1 aromatic heterocycles. The van der Waals surface area contributed by atoms with E-state index in [1.165, 1.54) is 0 Å². The van der Waals surface area contributed by atoms with E-state index in [9.17, 15) is 0 Å². The fraction of sp³-hybridized carbons (Fsp3) is 0.667. The first kappa shape index (κ1) is 13.7. The third kappa shape index (κ3) is 3.30. The molecule has 1 rings (SSSR count). The molecule has 4 heteroatoms. The summed E-state index contributed by atoms with van der Waals surface area (Å²) in [5.74, 6) is 2.02. The number of aromatic nitrogens is 2. The van der Waals surface area contributed by atoms with Gasteiger partial charge in [-0.2, -0.15) is 0 Å². The SMILES string of the molecule is CC(C)Cc1nc(N)c(I)c(C(C)(C)C)n1. The first-order valence-corrected chi connectivity index (χ1v) is 6.62. The number of nitrogens with zero attached hydrogens (tertiary/aromatic N) is 2. The number of nitrogen functional groups attached to an aromatic ring is 1. The molecule has 2 N–H and O–H groups in total. The van der Waals surface area contributed by atoms with Gasteiger partial charge in [0.15, 0.2) is 0 Å². The lowest BCUT2D eigenvalue weighted by Crippen LogP contribution is -2.20. The minimum Gasteiger partial charge on any atom is -0.383 e. The monoisotopic (exact) mass is 333 g/mol. The molecule has 90 valence electrons. The molecule has 0 unspecified atom stereocenters. The topological polar surface area (TPSA) is 51.8 Å². The molecule has 1 aromatic rings. The van der Waals surface area contributed by atoms with Crippen LogP contribution in [-0.2, 0) is 11.8 Å². The number of nitrogens with two attached hydrogens (primary N) is 1. The van der Waals surface area contributed by atoms with Crippen LogP contribution in [0.5, 0.6) is 0 Å². The quantitative estimate of drug-likeness (QED) is 0.846. The Morgan fingerprint density at radius 3 is 2.25 bits per heavy atom. The molecule has 0 bridgehead atoms. The smallest absolute Gasteiger partial charge is 0.140 e. The second-order valence-corrected chi connectivity index (χ2v) is 6.61. The second-order valence-electron chi connectivity index (χ2n) is 5.54. The fourth-order valence-corrected chi connectivity index (χ4v) is 2.52. The molecule has 0 aliphatic heterocycles. The summed E-state index contributed by atoms with van der Waals surface area (Å²) in [5, 5.41) is 0. The maximum Gasteiger partial charge on any atom is 0.140 e. The molecule has 0 atom stereocenters. The molecule has 0 radical (unpaired) electrons. The van der Waals surface area contributed by atoms with Crippen LogP contribution >= 0.6 is 22.6 Å². The normalized spacial score (nSPS) is 12.2. The van der Waals surface area contributed by atoms with Crippen LogP contribution in [0.1, 0.15) is 46.1 Å². The van der Waals surface area contributed by atoms with Crippen molar-refractivity contribution in [3.8, 4) is 0 Å². The van der Waals surface area contributed by atoms with E-state index in [0.29, 0.717) is 11.7 Å². The zero-order valence-electron chi connectivity index (χ0n) is 10.6. The molecule has 0 spiro atoms. The van der Waals surface area contributed by atoms with E-state index in [1.54, 1.807) is 0 Å². The second kappa shape index (κ2) is 4.85. The van der Waals surface area contributed by atoms with Crippen molar-refractivity contribution in [3.05, 3.63) is 15.1 Å². The lowest BCUT2D eigenvalue weighted by atomic mass is 9.91. The predicted octanol–water partition coefficient (Wildman–Crippen LogP) is 3.16. The maximum absolute atomic E-state index is 5.94. The highest BCUT2D eigenvalue weighted by Crippen LogP contribution is 2.28. The molecular formula is C12H20IN3. The Morgan fingerprint density at radius 1 is 1.25 bits per heavy atom. The van der Waals surface area contributed by atoms with E-state index >= 15 is 0 Å². The van der Waals surface area contributed by atoms with Gasteiger partial charge in [0, 0.05) is 11.8 Å². The summed E-state index contributed by atoms with van der Waals surface area (Å²) in [6.07, 6.45) is 0.879. The molecule has 0 amide bonds. The Labute approximate surface area is 111 Å². The van der Waals surface area contributed by atoms with Crippen LogP contribution in [0.15, 0.2) is 0 Å². The van der Waals surface area contributed by atoms with Crippen molar-refractivity contribution in [2.75, 3.05) is 5.73 Å². The summed E-state index contributed by atoms with van der Waals surface area (Å²) in [7, 11) is 0. The molecule has 0 aromatic carbocycles. The van der Waals surface area contributed by atoms with Gasteiger partial charge in [-0.3, -0.25) is 0 Å². The van der Waals surface area contributed by atoms with E-state index in [-0.39, 0.29) is 5.41 Å². The van der Waals surface area contributed by atoms with Crippen molar-refractivity contribution in [2.24, 2.45) is 5.92 Å². The van der Waals surface area contributed by atoms with E-state index in [0.717, 1.165) is 21.5 Å². The highest BCUT2D eigenvalue weighted by Gasteiger charge is 2.22. The highest BCUT2D eigenvalue weighted by atomic mass is 127. The van der Waals surface area contributed by atoms with Crippen LogP contribution in [0.4, 0.5) is 5.82 Å². The number of anilines is 1. The number of halogens is 1. The molecule has 0 aliphatic carbocycles. The average Bonchev–Trinajstić information content (AvgIpc) is 2.08. The maximum atomic E-state index is 5.94. The van der Waals surface area contributed by atoms with Gasteiger partial charge in [-0.25, -0.2) is 9.97 Å². The van der Waals surface area contributed by atoms with E-state index in [4.69, 9.17) is 5.73 Å². The zero-order valence-corrected chi connectivity index (χ0v) is 12.8. The summed E-state index contributed by atoms with van der Waals surface area (Å²) in [6.45, 7) is 10.8. The Morgan fingerprint density at radius 2 is 1.81 bits per heavy atom. The fourth-order valence-electron chi connectivity index (χ4n) is 1.47. The van der Waals surface area contributed by atoms with Crippen molar-refractivity contribution in [3.63, 3.8) is 0 Å². The summed E-state index contributed by atoms with van der Waals surface area (Å²) in [6, 6.07) is 0. The van der Waals surface area contributed by atoms with Crippen LogP contribution in [0.25, 0.3) is 0 Å².